The molecule has 0 aliphatic rings. The molecule has 19 heavy (non-hydrogen) atoms. The Kier molecular flexibility index (Phi) is 5.44. The van der Waals surface area contributed by atoms with Crippen LogP contribution in [0.15, 0.2) is 24.3 Å². The third-order valence-electron chi connectivity index (χ3n) is 2.35. The molecule has 0 bridgehead atoms. The van der Waals surface area contributed by atoms with Crippen molar-refractivity contribution in [2.75, 3.05) is 6.61 Å². The smallest absolute Gasteiger partial charge is 0.342 e. The first kappa shape index (κ1) is 15.1. The van der Waals surface area contributed by atoms with Crippen LogP contribution in [0.5, 0.6) is 5.75 Å². The maximum atomic E-state index is 13.7. The van der Waals surface area contributed by atoms with E-state index in [1.165, 1.54) is 31.2 Å². The highest BCUT2D eigenvalue weighted by molar-refractivity contribution is 5.75. The van der Waals surface area contributed by atoms with E-state index in [0.717, 1.165) is 0 Å². The van der Waals surface area contributed by atoms with Crippen molar-refractivity contribution in [3.05, 3.63) is 29.8 Å². The van der Waals surface area contributed by atoms with Gasteiger partial charge in [0.25, 0.3) is 0 Å². The van der Waals surface area contributed by atoms with Crippen molar-refractivity contribution in [1.82, 2.24) is 0 Å². The summed E-state index contributed by atoms with van der Waals surface area (Å²) in [5.74, 6) is -1.11. The minimum Gasteiger partial charge on any atom is -0.464 e. The largest absolute Gasteiger partial charge is 0.464 e. The van der Waals surface area contributed by atoms with Gasteiger partial charge < -0.3 is 15.2 Å². The Morgan fingerprint density at radius 3 is 2.37 bits per heavy atom. The van der Waals surface area contributed by atoms with Crippen molar-refractivity contribution in [3.63, 3.8) is 0 Å². The molecule has 0 aromatic heterocycles. The van der Waals surface area contributed by atoms with Crippen molar-refractivity contribution in [2.45, 2.75) is 26.1 Å². The fourth-order valence-corrected chi connectivity index (χ4v) is 1.46. The fourth-order valence-electron chi connectivity index (χ4n) is 1.46. The summed E-state index contributed by atoms with van der Waals surface area (Å²) in [6.45, 7) is 2.96. The number of hydrogen-bond donors (Lipinski definition) is 1. The Hall–Kier alpha value is -1.95. The summed E-state index contributed by atoms with van der Waals surface area (Å²) < 4.78 is 23.1. The summed E-state index contributed by atoms with van der Waals surface area (Å²) in [6.07, 6.45) is -1.93. The van der Waals surface area contributed by atoms with Crippen LogP contribution in [0.4, 0.5) is 4.39 Å². The normalized spacial score (nSPS) is 13.5. The monoisotopic (exact) mass is 269 g/mol. The molecule has 0 amide bonds. The molecule has 2 atom stereocenters. The van der Waals surface area contributed by atoms with Crippen LogP contribution < -0.4 is 10.5 Å². The van der Waals surface area contributed by atoms with Gasteiger partial charge in [-0.25, -0.2) is 9.18 Å². The first-order valence-electron chi connectivity index (χ1n) is 5.80. The summed E-state index contributed by atoms with van der Waals surface area (Å²) in [6, 6.07) is 4.83. The molecule has 0 radical (unpaired) electrons. The van der Waals surface area contributed by atoms with Crippen LogP contribution >= 0.6 is 0 Å². The third-order valence-corrected chi connectivity index (χ3v) is 2.35. The summed E-state index contributed by atoms with van der Waals surface area (Å²) in [7, 11) is 0. The van der Waals surface area contributed by atoms with Gasteiger partial charge in [0.1, 0.15) is 5.75 Å². The molecule has 0 saturated heterocycles. The Labute approximate surface area is 110 Å². The van der Waals surface area contributed by atoms with Crippen LogP contribution in [-0.2, 0) is 14.3 Å². The van der Waals surface area contributed by atoms with Crippen LogP contribution in [0.25, 0.3) is 0 Å². The van der Waals surface area contributed by atoms with Gasteiger partial charge in [0.05, 0.1) is 12.6 Å². The van der Waals surface area contributed by atoms with Crippen molar-refractivity contribution < 1.29 is 23.5 Å². The van der Waals surface area contributed by atoms with Gasteiger partial charge >= 0.3 is 11.9 Å². The molecule has 5 nitrogen and oxygen atoms in total. The van der Waals surface area contributed by atoms with E-state index in [0.29, 0.717) is 11.3 Å². The van der Waals surface area contributed by atoms with Gasteiger partial charge in [0.15, 0.2) is 0 Å². The number of benzene rings is 1. The number of esters is 2. The second kappa shape index (κ2) is 6.84. The number of carbonyl (C=O) groups is 2. The Balaban J connectivity index is 2.74. The maximum absolute atomic E-state index is 13.7. The van der Waals surface area contributed by atoms with E-state index in [1.54, 1.807) is 6.92 Å². The van der Waals surface area contributed by atoms with Crippen LogP contribution in [0.1, 0.15) is 25.5 Å². The first-order chi connectivity index (χ1) is 8.95. The molecule has 1 aromatic rings. The van der Waals surface area contributed by atoms with Crippen LogP contribution in [0, 0.1) is 0 Å². The molecular weight excluding hydrogens is 253 g/mol. The number of carbonyl (C=O) groups excluding carboxylic acids is 2. The van der Waals surface area contributed by atoms with E-state index in [4.69, 9.17) is 10.5 Å². The van der Waals surface area contributed by atoms with E-state index >= 15 is 0 Å². The second-order valence-corrected chi connectivity index (χ2v) is 3.84. The van der Waals surface area contributed by atoms with Gasteiger partial charge in [-0.1, -0.05) is 12.1 Å². The average Bonchev–Trinajstić information content (AvgIpc) is 2.37. The molecule has 1 rings (SSSR count). The minimum atomic E-state index is -1.93. The first-order valence-corrected chi connectivity index (χ1v) is 5.80. The number of rotatable bonds is 5. The van der Waals surface area contributed by atoms with Crippen LogP contribution in [0.3, 0.4) is 0 Å². The maximum Gasteiger partial charge on any atom is 0.342 e. The number of alkyl halides is 1. The highest BCUT2D eigenvalue weighted by atomic mass is 19.1. The molecule has 2 N–H and O–H groups in total. The molecule has 1 unspecified atom stereocenters. The summed E-state index contributed by atoms with van der Waals surface area (Å²) >= 11 is 0. The molecule has 0 fully saturated rings. The third kappa shape index (κ3) is 4.33. The lowest BCUT2D eigenvalue weighted by molar-refractivity contribution is -0.150. The lowest BCUT2D eigenvalue weighted by Gasteiger charge is -2.16. The molecule has 0 heterocycles. The van der Waals surface area contributed by atoms with Gasteiger partial charge in [-0.15, -0.1) is 0 Å². The molecule has 1 aromatic carbocycles. The molecule has 6 heteroatoms. The molecule has 0 aliphatic heterocycles. The van der Waals surface area contributed by atoms with E-state index in [2.05, 4.69) is 4.74 Å². The van der Waals surface area contributed by atoms with E-state index in [-0.39, 0.29) is 6.61 Å². The zero-order chi connectivity index (χ0) is 14.4. The summed E-state index contributed by atoms with van der Waals surface area (Å²) in [5.41, 5.74) is 6.05. The zero-order valence-electron chi connectivity index (χ0n) is 10.8. The number of ether oxygens (including phenoxy) is 2. The molecule has 0 aliphatic carbocycles. The molecule has 0 saturated carbocycles. The Morgan fingerprint density at radius 2 is 1.89 bits per heavy atom. The topological polar surface area (TPSA) is 78.6 Å². The van der Waals surface area contributed by atoms with Gasteiger partial charge in [-0.05, 0) is 24.6 Å². The zero-order valence-corrected chi connectivity index (χ0v) is 10.8. The predicted octanol–water partition coefficient (Wildman–Crippen LogP) is 1.51. The lowest BCUT2D eigenvalue weighted by Crippen LogP contribution is -2.31. The fraction of sp³-hybridized carbons (Fsp3) is 0.385. The highest BCUT2D eigenvalue weighted by Crippen LogP contribution is 2.21. The molecular formula is C13H16FNO4. The summed E-state index contributed by atoms with van der Waals surface area (Å²) in [5, 5.41) is 0. The summed E-state index contributed by atoms with van der Waals surface area (Å²) in [4.78, 5) is 22.0. The SMILES string of the molecule is CCOC(=O)C(F)[C@H](N)c1ccc(OC(C)=O)cc1. The van der Waals surface area contributed by atoms with Crippen molar-refractivity contribution >= 4 is 11.9 Å². The molecule has 0 spiro atoms. The molecule has 104 valence electrons. The quantitative estimate of drug-likeness (QED) is 0.647. The number of halogens is 1. The lowest BCUT2D eigenvalue weighted by atomic mass is 10.0. The second-order valence-electron chi connectivity index (χ2n) is 3.84. The van der Waals surface area contributed by atoms with Gasteiger partial charge in [-0.3, -0.25) is 4.79 Å². The van der Waals surface area contributed by atoms with Gasteiger partial charge in [0, 0.05) is 6.92 Å². The Morgan fingerprint density at radius 1 is 1.32 bits per heavy atom. The van der Waals surface area contributed by atoms with E-state index < -0.39 is 24.2 Å². The minimum absolute atomic E-state index is 0.0946. The number of nitrogens with two attached hydrogens (primary N) is 1. The predicted molar refractivity (Wildman–Crippen MR) is 66.2 cm³/mol. The number of hydrogen-bond acceptors (Lipinski definition) is 5. The van der Waals surface area contributed by atoms with Gasteiger partial charge in [-0.2, -0.15) is 0 Å². The van der Waals surface area contributed by atoms with E-state index in [1.807, 2.05) is 0 Å². The van der Waals surface area contributed by atoms with Gasteiger partial charge in [0.2, 0.25) is 6.17 Å². The van der Waals surface area contributed by atoms with Crippen molar-refractivity contribution in [3.8, 4) is 5.75 Å². The van der Waals surface area contributed by atoms with Crippen LogP contribution in [0.2, 0.25) is 0 Å². The average molecular weight is 269 g/mol. The van der Waals surface area contributed by atoms with Crippen LogP contribution in [-0.4, -0.2) is 24.7 Å². The van der Waals surface area contributed by atoms with Crippen molar-refractivity contribution in [1.29, 1.82) is 0 Å². The highest BCUT2D eigenvalue weighted by Gasteiger charge is 2.27. The Bertz CT molecular complexity index is 446. The van der Waals surface area contributed by atoms with Crippen molar-refractivity contribution in [2.24, 2.45) is 5.73 Å². The standard InChI is InChI=1S/C13H16FNO4/c1-3-18-13(17)11(14)12(15)9-4-6-10(7-5-9)19-8(2)16/h4-7,11-12H,3,15H2,1-2H3/t11?,12-/m1/s1. The van der Waals surface area contributed by atoms with E-state index in [9.17, 15) is 14.0 Å².